The molecule has 4 heteroatoms. The molecular formula is C10H18N4. The third kappa shape index (κ3) is 1.81. The summed E-state index contributed by atoms with van der Waals surface area (Å²) in [4.78, 5) is 0. The van der Waals surface area contributed by atoms with Gasteiger partial charge < -0.3 is 11.1 Å². The third-order valence-electron chi connectivity index (χ3n) is 2.90. The first-order valence-corrected chi connectivity index (χ1v) is 5.17. The van der Waals surface area contributed by atoms with Gasteiger partial charge in [0.05, 0.1) is 6.20 Å². The molecule has 4 nitrogen and oxygen atoms in total. The van der Waals surface area contributed by atoms with Crippen molar-refractivity contribution in [3.63, 3.8) is 0 Å². The van der Waals surface area contributed by atoms with Crippen LogP contribution >= 0.6 is 0 Å². The fourth-order valence-corrected chi connectivity index (χ4v) is 1.68. The smallest absolute Gasteiger partial charge is 0.0540 e. The van der Waals surface area contributed by atoms with Gasteiger partial charge in [0.25, 0.3) is 0 Å². The molecular weight excluding hydrogens is 176 g/mol. The standard InChI is InChI=1S/C10H18N4/c1-7-9(6-12-14(7)2)10(5-11)13-8-3-4-8/h6,8,10,13H,3-5,11H2,1-2H3. The van der Waals surface area contributed by atoms with Gasteiger partial charge in [-0.05, 0) is 19.8 Å². The number of aryl methyl sites for hydroxylation is 1. The SMILES string of the molecule is Cc1c(C(CN)NC2CC2)cnn1C. The monoisotopic (exact) mass is 194 g/mol. The van der Waals surface area contributed by atoms with Crippen LogP contribution in [0.2, 0.25) is 0 Å². The molecule has 1 aliphatic rings. The van der Waals surface area contributed by atoms with Gasteiger partial charge in [0.1, 0.15) is 0 Å². The lowest BCUT2D eigenvalue weighted by Crippen LogP contribution is -2.30. The van der Waals surface area contributed by atoms with Crippen molar-refractivity contribution >= 4 is 0 Å². The van der Waals surface area contributed by atoms with E-state index in [0.29, 0.717) is 12.6 Å². The van der Waals surface area contributed by atoms with Crippen molar-refractivity contribution in [2.75, 3.05) is 6.54 Å². The molecule has 1 atom stereocenters. The van der Waals surface area contributed by atoms with E-state index in [2.05, 4.69) is 17.3 Å². The van der Waals surface area contributed by atoms with Crippen molar-refractivity contribution in [2.24, 2.45) is 12.8 Å². The summed E-state index contributed by atoms with van der Waals surface area (Å²) in [7, 11) is 1.96. The number of nitrogens with two attached hydrogens (primary N) is 1. The molecule has 0 aromatic carbocycles. The first-order chi connectivity index (χ1) is 6.72. The van der Waals surface area contributed by atoms with Crippen LogP contribution < -0.4 is 11.1 Å². The third-order valence-corrected chi connectivity index (χ3v) is 2.90. The quantitative estimate of drug-likeness (QED) is 0.733. The highest BCUT2D eigenvalue weighted by atomic mass is 15.3. The Balaban J connectivity index is 2.12. The van der Waals surface area contributed by atoms with Crippen molar-refractivity contribution in [3.05, 3.63) is 17.5 Å². The van der Waals surface area contributed by atoms with Crippen LogP contribution in [0.25, 0.3) is 0 Å². The van der Waals surface area contributed by atoms with E-state index in [-0.39, 0.29) is 6.04 Å². The van der Waals surface area contributed by atoms with Crippen molar-refractivity contribution in [2.45, 2.75) is 31.8 Å². The van der Waals surface area contributed by atoms with Gasteiger partial charge in [-0.2, -0.15) is 5.10 Å². The minimum Gasteiger partial charge on any atom is -0.329 e. The Bertz CT molecular complexity index is 314. The van der Waals surface area contributed by atoms with E-state index >= 15 is 0 Å². The predicted octanol–water partition coefficient (Wildman–Crippen LogP) is 0.480. The normalized spacial score (nSPS) is 18.5. The first-order valence-electron chi connectivity index (χ1n) is 5.17. The summed E-state index contributed by atoms with van der Waals surface area (Å²) in [6.07, 6.45) is 4.49. The second-order valence-corrected chi connectivity index (χ2v) is 4.04. The van der Waals surface area contributed by atoms with Crippen LogP contribution in [0.5, 0.6) is 0 Å². The number of hydrogen-bond donors (Lipinski definition) is 2. The van der Waals surface area contributed by atoms with E-state index in [0.717, 1.165) is 0 Å². The lowest BCUT2D eigenvalue weighted by atomic mass is 10.1. The average Bonchev–Trinajstić information content (AvgIpc) is 2.94. The van der Waals surface area contributed by atoms with Gasteiger partial charge in [-0.15, -0.1) is 0 Å². The molecule has 1 aliphatic carbocycles. The average molecular weight is 194 g/mol. The maximum absolute atomic E-state index is 5.76. The molecule has 1 fully saturated rings. The van der Waals surface area contributed by atoms with E-state index in [1.807, 2.05) is 17.9 Å². The van der Waals surface area contributed by atoms with Crippen molar-refractivity contribution in [1.29, 1.82) is 0 Å². The molecule has 78 valence electrons. The maximum Gasteiger partial charge on any atom is 0.0540 e. The largest absolute Gasteiger partial charge is 0.329 e. The zero-order valence-corrected chi connectivity index (χ0v) is 8.83. The lowest BCUT2D eigenvalue weighted by Gasteiger charge is -2.15. The van der Waals surface area contributed by atoms with Gasteiger partial charge >= 0.3 is 0 Å². The molecule has 1 heterocycles. The van der Waals surface area contributed by atoms with E-state index < -0.39 is 0 Å². The molecule has 2 rings (SSSR count). The predicted molar refractivity (Wildman–Crippen MR) is 55.9 cm³/mol. The minimum atomic E-state index is 0.274. The van der Waals surface area contributed by atoms with Crippen LogP contribution in [0.15, 0.2) is 6.20 Å². The number of nitrogens with one attached hydrogen (secondary N) is 1. The fourth-order valence-electron chi connectivity index (χ4n) is 1.68. The summed E-state index contributed by atoms with van der Waals surface area (Å²) >= 11 is 0. The Morgan fingerprint density at radius 1 is 1.71 bits per heavy atom. The molecule has 0 amide bonds. The molecule has 0 radical (unpaired) electrons. The zero-order valence-electron chi connectivity index (χ0n) is 8.83. The van der Waals surface area contributed by atoms with Crippen LogP contribution in [-0.4, -0.2) is 22.4 Å². The Morgan fingerprint density at radius 2 is 2.43 bits per heavy atom. The molecule has 1 saturated carbocycles. The number of aromatic nitrogens is 2. The van der Waals surface area contributed by atoms with Gasteiger partial charge in [-0.25, -0.2) is 0 Å². The van der Waals surface area contributed by atoms with E-state index in [4.69, 9.17) is 5.73 Å². The highest BCUT2D eigenvalue weighted by Crippen LogP contribution is 2.24. The highest BCUT2D eigenvalue weighted by Gasteiger charge is 2.26. The summed E-state index contributed by atoms with van der Waals surface area (Å²) < 4.78 is 1.90. The Labute approximate surface area is 84.5 Å². The second kappa shape index (κ2) is 3.71. The maximum atomic E-state index is 5.76. The summed E-state index contributed by atoms with van der Waals surface area (Å²) in [6.45, 7) is 2.72. The van der Waals surface area contributed by atoms with Crippen LogP contribution in [0.4, 0.5) is 0 Å². The Morgan fingerprint density at radius 3 is 2.86 bits per heavy atom. The van der Waals surface area contributed by atoms with Crippen molar-refractivity contribution in [3.8, 4) is 0 Å². The molecule has 0 aliphatic heterocycles. The molecule has 3 N–H and O–H groups in total. The van der Waals surface area contributed by atoms with E-state index in [1.165, 1.54) is 24.1 Å². The molecule has 0 spiro atoms. The number of hydrogen-bond acceptors (Lipinski definition) is 3. The topological polar surface area (TPSA) is 55.9 Å². The summed E-state index contributed by atoms with van der Waals surface area (Å²) in [5.41, 5.74) is 8.20. The van der Waals surface area contributed by atoms with Crippen LogP contribution in [0.1, 0.15) is 30.1 Å². The van der Waals surface area contributed by atoms with E-state index in [9.17, 15) is 0 Å². The number of nitrogens with zero attached hydrogens (tertiary/aromatic N) is 2. The molecule has 1 aromatic rings. The van der Waals surface area contributed by atoms with Gasteiger partial charge in [-0.1, -0.05) is 0 Å². The van der Waals surface area contributed by atoms with Crippen molar-refractivity contribution in [1.82, 2.24) is 15.1 Å². The number of rotatable bonds is 4. The van der Waals surface area contributed by atoms with Crippen molar-refractivity contribution < 1.29 is 0 Å². The molecule has 14 heavy (non-hydrogen) atoms. The van der Waals surface area contributed by atoms with Crippen LogP contribution in [0.3, 0.4) is 0 Å². The van der Waals surface area contributed by atoms with Gasteiger partial charge in [0.2, 0.25) is 0 Å². The summed E-state index contributed by atoms with van der Waals surface area (Å²) in [6, 6.07) is 0.958. The fraction of sp³-hybridized carbons (Fsp3) is 0.700. The second-order valence-electron chi connectivity index (χ2n) is 4.04. The van der Waals surface area contributed by atoms with Crippen LogP contribution in [-0.2, 0) is 7.05 Å². The first kappa shape index (κ1) is 9.68. The zero-order chi connectivity index (χ0) is 10.1. The Hall–Kier alpha value is -0.870. The molecule has 0 saturated heterocycles. The summed E-state index contributed by atoms with van der Waals surface area (Å²) in [5, 5.41) is 7.77. The van der Waals surface area contributed by atoms with Gasteiger partial charge in [-0.3, -0.25) is 4.68 Å². The lowest BCUT2D eigenvalue weighted by molar-refractivity contribution is 0.535. The Kier molecular flexibility index (Phi) is 2.56. The highest BCUT2D eigenvalue weighted by molar-refractivity contribution is 5.21. The molecule has 0 bridgehead atoms. The van der Waals surface area contributed by atoms with Crippen LogP contribution in [0, 0.1) is 6.92 Å². The molecule has 1 unspecified atom stereocenters. The van der Waals surface area contributed by atoms with Gasteiger partial charge in [0.15, 0.2) is 0 Å². The van der Waals surface area contributed by atoms with E-state index in [1.54, 1.807) is 0 Å². The minimum absolute atomic E-state index is 0.274. The molecule has 1 aromatic heterocycles. The summed E-state index contributed by atoms with van der Waals surface area (Å²) in [5.74, 6) is 0. The van der Waals surface area contributed by atoms with Gasteiger partial charge in [0, 0.05) is 36.9 Å².